The third-order valence-electron chi connectivity index (χ3n) is 6.81. The van der Waals surface area contributed by atoms with Gasteiger partial charge in [0, 0.05) is 34.6 Å². The minimum atomic E-state index is -0.617. The molecule has 2 aliphatic heterocycles. The maximum atomic E-state index is 13.7. The summed E-state index contributed by atoms with van der Waals surface area (Å²) >= 11 is 6.14. The van der Waals surface area contributed by atoms with Crippen molar-refractivity contribution >= 4 is 34.3 Å². The molecule has 0 spiro atoms. The summed E-state index contributed by atoms with van der Waals surface area (Å²) in [5.41, 5.74) is 4.66. The molecular formula is C27H21ClFN3O2. The quantitative estimate of drug-likeness (QED) is 0.462. The average molecular weight is 474 g/mol. The largest absolute Gasteiger partial charge is 0.356 e. The van der Waals surface area contributed by atoms with Crippen LogP contribution in [0.5, 0.6) is 0 Å². The van der Waals surface area contributed by atoms with Gasteiger partial charge in [0.25, 0.3) is 0 Å². The number of benzene rings is 3. The second kappa shape index (κ2) is 7.99. The van der Waals surface area contributed by atoms with E-state index in [1.165, 1.54) is 12.1 Å². The highest BCUT2D eigenvalue weighted by atomic mass is 35.5. The number of rotatable bonds is 3. The SMILES string of the molecule is O=C1[C@H]2Cc3c([nH]c4ccccc34)[C@H](c3ccc(Cl)cc3)N2C(=O)CN1Cc1ccc(F)cc1. The zero-order chi connectivity index (χ0) is 23.4. The number of halogens is 2. The molecule has 1 N–H and O–H groups in total. The summed E-state index contributed by atoms with van der Waals surface area (Å²) < 4.78 is 13.3. The van der Waals surface area contributed by atoms with E-state index in [1.807, 2.05) is 36.4 Å². The lowest BCUT2D eigenvalue weighted by molar-refractivity contribution is -0.159. The number of H-pyrrole nitrogens is 1. The van der Waals surface area contributed by atoms with Crippen molar-refractivity contribution in [3.8, 4) is 0 Å². The van der Waals surface area contributed by atoms with E-state index >= 15 is 0 Å². The topological polar surface area (TPSA) is 56.4 Å². The second-order valence-electron chi connectivity index (χ2n) is 8.86. The summed E-state index contributed by atoms with van der Waals surface area (Å²) in [7, 11) is 0. The molecule has 0 radical (unpaired) electrons. The molecule has 2 amide bonds. The first-order chi connectivity index (χ1) is 16.5. The van der Waals surface area contributed by atoms with Gasteiger partial charge in [-0.05, 0) is 47.0 Å². The van der Waals surface area contributed by atoms with Gasteiger partial charge in [0.05, 0.1) is 6.04 Å². The van der Waals surface area contributed by atoms with Crippen LogP contribution >= 0.6 is 11.6 Å². The number of aromatic nitrogens is 1. The van der Waals surface area contributed by atoms with Crippen LogP contribution in [0.3, 0.4) is 0 Å². The van der Waals surface area contributed by atoms with Crippen molar-refractivity contribution in [1.82, 2.24) is 14.8 Å². The number of hydrogen-bond donors (Lipinski definition) is 1. The summed E-state index contributed by atoms with van der Waals surface area (Å²) in [4.78, 5) is 34.1. The predicted octanol–water partition coefficient (Wildman–Crippen LogP) is 4.85. The Hall–Kier alpha value is -3.64. The number of amides is 2. The molecule has 2 atom stereocenters. The summed E-state index contributed by atoms with van der Waals surface area (Å²) in [6.45, 7) is 0.244. The van der Waals surface area contributed by atoms with Gasteiger partial charge in [-0.15, -0.1) is 0 Å². The van der Waals surface area contributed by atoms with Crippen LogP contribution < -0.4 is 0 Å². The highest BCUT2D eigenvalue weighted by Gasteiger charge is 2.48. The van der Waals surface area contributed by atoms with Crippen LogP contribution in [0.15, 0.2) is 72.8 Å². The van der Waals surface area contributed by atoms with Crippen molar-refractivity contribution in [3.05, 3.63) is 106 Å². The van der Waals surface area contributed by atoms with Crippen molar-refractivity contribution in [3.63, 3.8) is 0 Å². The molecule has 2 aliphatic rings. The van der Waals surface area contributed by atoms with Gasteiger partial charge in [0.1, 0.15) is 18.4 Å². The monoisotopic (exact) mass is 473 g/mol. The minimum absolute atomic E-state index is 0.0215. The number of nitrogens with one attached hydrogen (secondary N) is 1. The maximum Gasteiger partial charge on any atom is 0.246 e. The molecule has 34 heavy (non-hydrogen) atoms. The number of fused-ring (bicyclic) bond motifs is 4. The van der Waals surface area contributed by atoms with Crippen LogP contribution in [0.4, 0.5) is 4.39 Å². The summed E-state index contributed by atoms with van der Waals surface area (Å²) in [6.07, 6.45) is 0.438. The summed E-state index contributed by atoms with van der Waals surface area (Å²) in [5, 5.41) is 1.67. The van der Waals surface area contributed by atoms with Crippen LogP contribution in [0.2, 0.25) is 5.02 Å². The number of carbonyl (C=O) groups is 2. The van der Waals surface area contributed by atoms with E-state index in [0.717, 1.165) is 33.3 Å². The zero-order valence-corrected chi connectivity index (χ0v) is 18.9. The number of aromatic amines is 1. The molecule has 170 valence electrons. The molecule has 1 fully saturated rings. The molecular weight excluding hydrogens is 453 g/mol. The molecule has 3 aromatic carbocycles. The van der Waals surface area contributed by atoms with Gasteiger partial charge in [0.15, 0.2) is 0 Å². The Balaban J connectivity index is 1.44. The van der Waals surface area contributed by atoms with E-state index in [-0.39, 0.29) is 30.7 Å². The molecule has 6 rings (SSSR count). The molecule has 4 aromatic rings. The van der Waals surface area contributed by atoms with E-state index in [1.54, 1.807) is 34.1 Å². The third kappa shape index (κ3) is 3.37. The van der Waals surface area contributed by atoms with E-state index < -0.39 is 12.1 Å². The fourth-order valence-corrected chi connectivity index (χ4v) is 5.38. The van der Waals surface area contributed by atoms with Crippen molar-refractivity contribution in [1.29, 1.82) is 0 Å². The Morgan fingerprint density at radius 1 is 0.971 bits per heavy atom. The molecule has 7 heteroatoms. The van der Waals surface area contributed by atoms with Gasteiger partial charge in [-0.1, -0.05) is 54.1 Å². The van der Waals surface area contributed by atoms with E-state index in [9.17, 15) is 14.0 Å². The first-order valence-electron chi connectivity index (χ1n) is 11.2. The number of carbonyl (C=O) groups excluding carboxylic acids is 2. The average Bonchev–Trinajstić information content (AvgIpc) is 3.21. The fraction of sp³-hybridized carbons (Fsp3) is 0.185. The van der Waals surface area contributed by atoms with Crippen LogP contribution in [-0.4, -0.2) is 39.2 Å². The van der Waals surface area contributed by atoms with Crippen molar-refractivity contribution in [2.75, 3.05) is 6.54 Å². The van der Waals surface area contributed by atoms with Crippen molar-refractivity contribution < 1.29 is 14.0 Å². The molecule has 1 aromatic heterocycles. The van der Waals surface area contributed by atoms with E-state index in [0.29, 0.717) is 11.4 Å². The molecule has 1 saturated heterocycles. The third-order valence-corrected chi connectivity index (χ3v) is 7.07. The van der Waals surface area contributed by atoms with Crippen LogP contribution in [0.1, 0.15) is 28.4 Å². The molecule has 0 unspecified atom stereocenters. The number of para-hydroxylation sites is 1. The normalized spacial score (nSPS) is 19.9. The Bertz CT molecular complexity index is 1410. The van der Waals surface area contributed by atoms with Gasteiger partial charge < -0.3 is 14.8 Å². The van der Waals surface area contributed by atoms with Gasteiger partial charge in [-0.25, -0.2) is 4.39 Å². The smallest absolute Gasteiger partial charge is 0.246 e. The maximum absolute atomic E-state index is 13.7. The lowest BCUT2D eigenvalue weighted by Crippen LogP contribution is -2.62. The summed E-state index contributed by atoms with van der Waals surface area (Å²) in [6, 6.07) is 20.4. The Labute approximate surface area is 200 Å². The molecule has 5 nitrogen and oxygen atoms in total. The number of piperazine rings is 1. The van der Waals surface area contributed by atoms with E-state index in [2.05, 4.69) is 4.98 Å². The van der Waals surface area contributed by atoms with Crippen molar-refractivity contribution in [2.24, 2.45) is 0 Å². The van der Waals surface area contributed by atoms with E-state index in [4.69, 9.17) is 11.6 Å². The fourth-order valence-electron chi connectivity index (χ4n) is 5.26. The standard InChI is InChI=1S/C27H21ClFN3O2/c28-18-9-7-17(8-10-18)26-25-21(20-3-1-2-4-22(20)30-25)13-23-27(34)31(15-24(33)32(23)26)14-16-5-11-19(29)12-6-16/h1-12,23,26,30H,13-15H2/t23-,26+/m1/s1. The van der Waals surface area contributed by atoms with Gasteiger partial charge in [0.2, 0.25) is 11.8 Å². The molecule has 0 bridgehead atoms. The number of hydrogen-bond acceptors (Lipinski definition) is 2. The first-order valence-corrected chi connectivity index (χ1v) is 11.6. The molecule has 3 heterocycles. The highest BCUT2D eigenvalue weighted by molar-refractivity contribution is 6.30. The highest BCUT2D eigenvalue weighted by Crippen LogP contribution is 2.42. The van der Waals surface area contributed by atoms with Gasteiger partial charge in [-0.2, -0.15) is 0 Å². The predicted molar refractivity (Wildman–Crippen MR) is 128 cm³/mol. The Kier molecular flexibility index (Phi) is 4.92. The zero-order valence-electron chi connectivity index (χ0n) is 18.2. The minimum Gasteiger partial charge on any atom is -0.356 e. The first kappa shape index (κ1) is 20.9. The molecule has 0 saturated carbocycles. The Morgan fingerprint density at radius 2 is 1.71 bits per heavy atom. The number of nitrogens with zero attached hydrogens (tertiary/aromatic N) is 2. The van der Waals surface area contributed by atoms with Crippen LogP contribution in [-0.2, 0) is 22.6 Å². The lowest BCUT2D eigenvalue weighted by Gasteiger charge is -2.47. The molecule has 0 aliphatic carbocycles. The Morgan fingerprint density at radius 3 is 2.47 bits per heavy atom. The second-order valence-corrected chi connectivity index (χ2v) is 9.30. The lowest BCUT2D eigenvalue weighted by atomic mass is 9.86. The summed E-state index contributed by atoms with van der Waals surface area (Å²) in [5.74, 6) is -0.546. The van der Waals surface area contributed by atoms with Gasteiger partial charge >= 0.3 is 0 Å². The van der Waals surface area contributed by atoms with Crippen LogP contribution in [0.25, 0.3) is 10.9 Å². The van der Waals surface area contributed by atoms with Crippen LogP contribution in [0, 0.1) is 5.82 Å². The van der Waals surface area contributed by atoms with Gasteiger partial charge in [-0.3, -0.25) is 9.59 Å². The van der Waals surface area contributed by atoms with Crippen molar-refractivity contribution in [2.45, 2.75) is 25.0 Å².